The maximum atomic E-state index is 12.2. The Hall–Kier alpha value is -1.67. The molecule has 3 rings (SSSR count). The number of carbonyl (C=O) groups is 1. The van der Waals surface area contributed by atoms with Crippen LogP contribution >= 0.6 is 0 Å². The number of nitrogens with zero attached hydrogens (tertiary/aromatic N) is 3. The number of amides is 1. The van der Waals surface area contributed by atoms with Crippen LogP contribution in [0.15, 0.2) is 12.3 Å². The fraction of sp³-hybridized carbons (Fsp3) is 0.750. The van der Waals surface area contributed by atoms with Crippen LogP contribution in [0.4, 0.5) is 4.79 Å². The number of piperidine rings is 1. The summed E-state index contributed by atoms with van der Waals surface area (Å²) in [5.41, 5.74) is 0.560. The van der Waals surface area contributed by atoms with Gasteiger partial charge in [0, 0.05) is 30.7 Å². The van der Waals surface area contributed by atoms with Crippen molar-refractivity contribution in [3.05, 3.63) is 18.0 Å². The predicted octanol–water partition coefficient (Wildman–Crippen LogP) is 2.89. The van der Waals surface area contributed by atoms with E-state index in [-0.39, 0.29) is 23.2 Å². The van der Waals surface area contributed by atoms with Crippen LogP contribution in [0.1, 0.15) is 72.9 Å². The third-order valence-electron chi connectivity index (χ3n) is 5.78. The second-order valence-corrected chi connectivity index (χ2v) is 9.74. The van der Waals surface area contributed by atoms with Crippen molar-refractivity contribution >= 4 is 18.7 Å². The topological polar surface area (TPSA) is 73.8 Å². The first-order chi connectivity index (χ1) is 12.9. The highest BCUT2D eigenvalue weighted by Gasteiger charge is 2.52. The molecule has 28 heavy (non-hydrogen) atoms. The van der Waals surface area contributed by atoms with E-state index in [2.05, 4.69) is 10.2 Å². The van der Waals surface area contributed by atoms with E-state index in [1.807, 2.05) is 54.5 Å². The smallest absolute Gasteiger partial charge is 0.444 e. The van der Waals surface area contributed by atoms with Gasteiger partial charge in [0.05, 0.1) is 16.9 Å². The monoisotopic (exact) mass is 389 g/mol. The molecule has 2 fully saturated rings. The van der Waals surface area contributed by atoms with Crippen LogP contribution < -0.4 is 5.46 Å². The Morgan fingerprint density at radius 1 is 1.18 bits per heavy atom. The van der Waals surface area contributed by atoms with Crippen molar-refractivity contribution in [2.45, 2.75) is 84.0 Å². The Balaban J connectivity index is 1.64. The molecule has 7 nitrogen and oxygen atoms in total. The quantitative estimate of drug-likeness (QED) is 0.725. The van der Waals surface area contributed by atoms with E-state index in [0.29, 0.717) is 13.1 Å². The fourth-order valence-electron chi connectivity index (χ4n) is 3.39. The number of hydrogen-bond acceptors (Lipinski definition) is 6. The van der Waals surface area contributed by atoms with Crippen molar-refractivity contribution in [2.24, 2.45) is 0 Å². The molecule has 0 N–H and O–H groups in total. The van der Waals surface area contributed by atoms with Gasteiger partial charge in [0.2, 0.25) is 0 Å². The lowest BCUT2D eigenvalue weighted by Crippen LogP contribution is -2.41. The Kier molecular flexibility index (Phi) is 5.49. The highest BCUT2D eigenvalue weighted by Crippen LogP contribution is 2.36. The summed E-state index contributed by atoms with van der Waals surface area (Å²) in [6.07, 6.45) is 3.13. The van der Waals surface area contributed by atoms with Gasteiger partial charge in [-0.15, -0.1) is 0 Å². The summed E-state index contributed by atoms with van der Waals surface area (Å²) in [6.45, 7) is 15.1. The zero-order chi connectivity index (χ0) is 20.7. The molecule has 0 radical (unpaired) electrons. The van der Waals surface area contributed by atoms with Crippen LogP contribution in [-0.2, 0) is 14.0 Å². The predicted molar refractivity (Wildman–Crippen MR) is 108 cm³/mol. The molecule has 0 unspecified atom stereocenters. The van der Waals surface area contributed by atoms with Gasteiger partial charge >= 0.3 is 13.2 Å². The first-order valence-corrected chi connectivity index (χ1v) is 10.0. The molecule has 0 aliphatic carbocycles. The number of ether oxygens (including phenoxy) is 1. The standard InChI is InChI=1S/C20H32BN3O4/c1-18(2,3)26-17(25)24-10-8-14(9-11-24)16-12-15(13-22-23-16)21-27-19(4,5)20(6,7)28-21/h12-14H,8-11H2,1-7H3. The molecule has 1 aromatic heterocycles. The second kappa shape index (κ2) is 7.30. The van der Waals surface area contributed by atoms with Crippen molar-refractivity contribution in [2.75, 3.05) is 13.1 Å². The number of aromatic nitrogens is 2. The third kappa shape index (κ3) is 4.49. The molecule has 2 aliphatic heterocycles. The first-order valence-electron chi connectivity index (χ1n) is 10.0. The highest BCUT2D eigenvalue weighted by molar-refractivity contribution is 6.62. The molecule has 2 saturated heterocycles. The molecule has 1 aromatic rings. The van der Waals surface area contributed by atoms with Gasteiger partial charge in [-0.1, -0.05) is 0 Å². The van der Waals surface area contributed by atoms with Gasteiger partial charge in [0.25, 0.3) is 0 Å². The summed E-state index contributed by atoms with van der Waals surface area (Å²) in [5.74, 6) is 0.258. The van der Waals surface area contributed by atoms with Gasteiger partial charge in [0.1, 0.15) is 5.60 Å². The Morgan fingerprint density at radius 2 is 1.75 bits per heavy atom. The zero-order valence-electron chi connectivity index (χ0n) is 18.1. The lowest BCUT2D eigenvalue weighted by Gasteiger charge is -2.33. The van der Waals surface area contributed by atoms with Crippen LogP contribution in [-0.4, -0.2) is 58.2 Å². The Bertz CT molecular complexity index is 708. The van der Waals surface area contributed by atoms with Gasteiger partial charge in [0.15, 0.2) is 0 Å². The highest BCUT2D eigenvalue weighted by atomic mass is 16.7. The van der Waals surface area contributed by atoms with Gasteiger partial charge in [-0.3, -0.25) is 0 Å². The second-order valence-electron chi connectivity index (χ2n) is 9.74. The van der Waals surface area contributed by atoms with E-state index in [4.69, 9.17) is 14.0 Å². The SMILES string of the molecule is CC(C)(C)OC(=O)N1CCC(c2cc(B3OC(C)(C)C(C)(C)O3)cnn2)CC1. The molecule has 3 heterocycles. The first kappa shape index (κ1) is 21.1. The van der Waals surface area contributed by atoms with Crippen LogP contribution in [0.3, 0.4) is 0 Å². The molecule has 2 aliphatic rings. The Labute approximate surface area is 168 Å². The minimum atomic E-state index is -0.476. The molecule has 0 atom stereocenters. The van der Waals surface area contributed by atoms with Crippen molar-refractivity contribution < 1.29 is 18.8 Å². The average molecular weight is 389 g/mol. The number of likely N-dealkylation sites (tertiary alicyclic amines) is 1. The van der Waals surface area contributed by atoms with Gasteiger partial charge in [-0.2, -0.15) is 10.2 Å². The summed E-state index contributed by atoms with van der Waals surface area (Å²) < 4.78 is 17.7. The van der Waals surface area contributed by atoms with Crippen LogP contribution in [0, 0.1) is 0 Å². The van der Waals surface area contributed by atoms with Crippen molar-refractivity contribution in [1.82, 2.24) is 15.1 Å². The number of carbonyl (C=O) groups excluding carboxylic acids is 1. The summed E-state index contributed by atoms with van der Waals surface area (Å²) in [4.78, 5) is 14.0. The minimum absolute atomic E-state index is 0.247. The molecular formula is C20H32BN3O4. The average Bonchev–Trinajstić information content (AvgIpc) is 2.81. The molecule has 8 heteroatoms. The summed E-state index contributed by atoms with van der Waals surface area (Å²) in [5, 5.41) is 8.53. The van der Waals surface area contributed by atoms with Crippen molar-refractivity contribution in [1.29, 1.82) is 0 Å². The van der Waals surface area contributed by atoms with Crippen molar-refractivity contribution in [3.63, 3.8) is 0 Å². The van der Waals surface area contributed by atoms with E-state index in [0.717, 1.165) is 24.0 Å². The molecule has 0 spiro atoms. The minimum Gasteiger partial charge on any atom is -0.444 e. The fourth-order valence-corrected chi connectivity index (χ4v) is 3.39. The van der Waals surface area contributed by atoms with E-state index in [1.165, 1.54) is 0 Å². The van der Waals surface area contributed by atoms with Gasteiger partial charge in [-0.25, -0.2) is 4.79 Å². The lowest BCUT2D eigenvalue weighted by atomic mass is 9.79. The number of hydrogen-bond donors (Lipinski definition) is 0. The Morgan fingerprint density at radius 3 is 2.29 bits per heavy atom. The third-order valence-corrected chi connectivity index (χ3v) is 5.78. The summed E-state index contributed by atoms with van der Waals surface area (Å²) in [6, 6.07) is 2.03. The molecule has 0 bridgehead atoms. The molecule has 0 aromatic carbocycles. The zero-order valence-corrected chi connectivity index (χ0v) is 18.1. The maximum absolute atomic E-state index is 12.2. The molecule has 154 valence electrons. The van der Waals surface area contributed by atoms with Gasteiger partial charge in [-0.05, 0) is 67.4 Å². The van der Waals surface area contributed by atoms with Crippen LogP contribution in [0.5, 0.6) is 0 Å². The van der Waals surface area contributed by atoms with Crippen LogP contribution in [0.25, 0.3) is 0 Å². The van der Waals surface area contributed by atoms with E-state index in [9.17, 15) is 4.79 Å². The molecule has 0 saturated carbocycles. The number of rotatable bonds is 2. The van der Waals surface area contributed by atoms with Crippen molar-refractivity contribution in [3.8, 4) is 0 Å². The lowest BCUT2D eigenvalue weighted by molar-refractivity contribution is 0.00578. The van der Waals surface area contributed by atoms with Gasteiger partial charge < -0.3 is 18.9 Å². The van der Waals surface area contributed by atoms with Crippen LogP contribution in [0.2, 0.25) is 0 Å². The molecule has 1 amide bonds. The van der Waals surface area contributed by atoms with E-state index < -0.39 is 12.7 Å². The molecular weight excluding hydrogens is 357 g/mol. The normalized spacial score (nSPS) is 22.4. The summed E-state index contributed by atoms with van der Waals surface area (Å²) in [7, 11) is -0.443. The summed E-state index contributed by atoms with van der Waals surface area (Å²) >= 11 is 0. The largest absolute Gasteiger partial charge is 0.496 e. The van der Waals surface area contributed by atoms with E-state index >= 15 is 0 Å². The maximum Gasteiger partial charge on any atom is 0.496 e. The van der Waals surface area contributed by atoms with E-state index in [1.54, 1.807) is 11.1 Å².